The molecule has 0 aliphatic heterocycles. The zero-order valence-electron chi connectivity index (χ0n) is 8.18. The maximum atomic E-state index is 10.7. The molecule has 0 saturated heterocycles. The molecule has 1 heterocycles. The Bertz CT molecular complexity index is 507. The molecule has 82 valence electrons. The van der Waals surface area contributed by atoms with Crippen LogP contribution in [0.1, 0.15) is 5.69 Å². The molecular formula is C11H8BrNO2S. The van der Waals surface area contributed by atoms with Crippen molar-refractivity contribution >= 4 is 33.2 Å². The first-order valence-electron chi connectivity index (χ1n) is 4.57. The first-order chi connectivity index (χ1) is 7.66. The fourth-order valence-corrected chi connectivity index (χ4v) is 2.46. The average Bonchev–Trinajstić information content (AvgIpc) is 2.66. The molecule has 1 aromatic carbocycles. The number of hydrogen-bond acceptors (Lipinski definition) is 3. The molecule has 0 aliphatic carbocycles. The van der Waals surface area contributed by atoms with Crippen molar-refractivity contribution < 1.29 is 9.90 Å². The Morgan fingerprint density at radius 1 is 1.38 bits per heavy atom. The summed E-state index contributed by atoms with van der Waals surface area (Å²) in [7, 11) is 0. The Hall–Kier alpha value is -1.20. The number of hydrogen-bond donors (Lipinski definition) is 1. The fourth-order valence-electron chi connectivity index (χ4n) is 1.37. The number of thiazole rings is 1. The van der Waals surface area contributed by atoms with E-state index in [1.807, 2.05) is 24.3 Å². The van der Waals surface area contributed by atoms with Gasteiger partial charge in [0, 0.05) is 4.47 Å². The van der Waals surface area contributed by atoms with Crippen molar-refractivity contribution in [3.05, 3.63) is 39.9 Å². The van der Waals surface area contributed by atoms with Crippen LogP contribution in [-0.4, -0.2) is 16.1 Å². The van der Waals surface area contributed by atoms with E-state index in [4.69, 9.17) is 5.11 Å². The first kappa shape index (κ1) is 11.3. The Labute approximate surface area is 105 Å². The number of halogens is 1. The van der Waals surface area contributed by atoms with Crippen LogP contribution >= 0.6 is 27.3 Å². The van der Waals surface area contributed by atoms with E-state index in [2.05, 4.69) is 20.9 Å². The quantitative estimate of drug-likeness (QED) is 0.946. The minimum absolute atomic E-state index is 0.0328. The highest BCUT2D eigenvalue weighted by Gasteiger charge is 2.11. The molecule has 1 aromatic heterocycles. The van der Waals surface area contributed by atoms with Crippen LogP contribution in [0.15, 0.2) is 34.2 Å². The van der Waals surface area contributed by atoms with E-state index in [1.54, 1.807) is 5.51 Å². The topological polar surface area (TPSA) is 50.2 Å². The summed E-state index contributed by atoms with van der Waals surface area (Å²) in [5.41, 5.74) is 3.30. The van der Waals surface area contributed by atoms with Gasteiger partial charge >= 0.3 is 5.97 Å². The van der Waals surface area contributed by atoms with Crippen molar-refractivity contribution in [1.82, 2.24) is 4.98 Å². The van der Waals surface area contributed by atoms with Crippen molar-refractivity contribution in [2.45, 2.75) is 6.42 Å². The van der Waals surface area contributed by atoms with Crippen LogP contribution in [0, 0.1) is 0 Å². The minimum Gasteiger partial charge on any atom is -0.481 e. The van der Waals surface area contributed by atoms with E-state index in [1.165, 1.54) is 11.3 Å². The molecule has 2 aromatic rings. The fraction of sp³-hybridized carbons (Fsp3) is 0.0909. The third-order valence-corrected chi connectivity index (χ3v) is 3.51. The molecule has 2 rings (SSSR count). The van der Waals surface area contributed by atoms with E-state index >= 15 is 0 Å². The number of benzene rings is 1. The summed E-state index contributed by atoms with van der Waals surface area (Å²) in [6.45, 7) is 0. The zero-order valence-corrected chi connectivity index (χ0v) is 10.6. The number of nitrogens with zero attached hydrogens (tertiary/aromatic N) is 1. The Kier molecular flexibility index (Phi) is 3.36. The van der Waals surface area contributed by atoms with Crippen LogP contribution in [0.4, 0.5) is 0 Å². The summed E-state index contributed by atoms with van der Waals surface area (Å²) in [6.07, 6.45) is -0.0328. The van der Waals surface area contributed by atoms with Gasteiger partial charge in [-0.2, -0.15) is 0 Å². The smallest absolute Gasteiger partial charge is 0.309 e. The normalized spacial score (nSPS) is 10.3. The highest BCUT2D eigenvalue weighted by Crippen LogP contribution is 2.28. The summed E-state index contributed by atoms with van der Waals surface area (Å²) in [5.74, 6) is -0.857. The van der Waals surface area contributed by atoms with Crippen molar-refractivity contribution in [3.8, 4) is 10.4 Å². The van der Waals surface area contributed by atoms with Gasteiger partial charge in [-0.25, -0.2) is 4.98 Å². The Balaban J connectivity index is 2.36. The predicted molar refractivity (Wildman–Crippen MR) is 66.6 cm³/mol. The van der Waals surface area contributed by atoms with E-state index in [0.29, 0.717) is 5.69 Å². The molecule has 0 spiro atoms. The second-order valence-corrected chi connectivity index (χ2v) is 4.98. The van der Waals surface area contributed by atoms with Gasteiger partial charge in [-0.3, -0.25) is 4.79 Å². The number of carboxylic acid groups (broad SMARTS) is 1. The lowest BCUT2D eigenvalue weighted by atomic mass is 10.1. The number of carboxylic acids is 1. The van der Waals surface area contributed by atoms with Crippen molar-refractivity contribution in [2.24, 2.45) is 0 Å². The summed E-state index contributed by atoms with van der Waals surface area (Å²) >= 11 is 4.82. The molecule has 16 heavy (non-hydrogen) atoms. The van der Waals surface area contributed by atoms with Crippen LogP contribution < -0.4 is 0 Å². The van der Waals surface area contributed by atoms with Gasteiger partial charge in [-0.1, -0.05) is 28.1 Å². The third kappa shape index (κ3) is 2.48. The van der Waals surface area contributed by atoms with Crippen LogP contribution in [0.2, 0.25) is 0 Å². The number of rotatable bonds is 3. The summed E-state index contributed by atoms with van der Waals surface area (Å²) < 4.78 is 1.00. The largest absolute Gasteiger partial charge is 0.481 e. The Morgan fingerprint density at radius 3 is 2.69 bits per heavy atom. The number of carbonyl (C=O) groups is 1. The molecular weight excluding hydrogens is 290 g/mol. The van der Waals surface area contributed by atoms with Gasteiger partial charge in [-0.15, -0.1) is 11.3 Å². The van der Waals surface area contributed by atoms with Gasteiger partial charge in [-0.05, 0) is 17.7 Å². The molecule has 0 bridgehead atoms. The molecule has 5 heteroatoms. The van der Waals surface area contributed by atoms with Gasteiger partial charge in [0.25, 0.3) is 0 Å². The Morgan fingerprint density at radius 2 is 2.06 bits per heavy atom. The van der Waals surface area contributed by atoms with Crippen LogP contribution in [0.5, 0.6) is 0 Å². The van der Waals surface area contributed by atoms with E-state index in [-0.39, 0.29) is 6.42 Å². The lowest BCUT2D eigenvalue weighted by molar-refractivity contribution is -0.136. The SMILES string of the molecule is O=C(O)Cc1ncsc1-c1ccc(Br)cc1. The van der Waals surface area contributed by atoms with Crippen molar-refractivity contribution in [2.75, 3.05) is 0 Å². The maximum Gasteiger partial charge on any atom is 0.309 e. The third-order valence-electron chi connectivity index (χ3n) is 2.07. The monoisotopic (exact) mass is 297 g/mol. The number of aromatic nitrogens is 1. The number of aliphatic carboxylic acids is 1. The highest BCUT2D eigenvalue weighted by atomic mass is 79.9. The lowest BCUT2D eigenvalue weighted by Crippen LogP contribution is -2.01. The van der Waals surface area contributed by atoms with Gasteiger partial charge in [0.1, 0.15) is 0 Å². The molecule has 0 amide bonds. The standard InChI is InChI=1S/C11H8BrNO2S/c12-8-3-1-7(2-4-8)11-9(5-10(14)15)13-6-16-11/h1-4,6H,5H2,(H,14,15). The van der Waals surface area contributed by atoms with Gasteiger partial charge in [0.2, 0.25) is 0 Å². The predicted octanol–water partition coefficient (Wildman–Crippen LogP) is 3.20. The lowest BCUT2D eigenvalue weighted by Gasteiger charge is -2.00. The second kappa shape index (κ2) is 4.76. The summed E-state index contributed by atoms with van der Waals surface area (Å²) in [4.78, 5) is 15.7. The molecule has 3 nitrogen and oxygen atoms in total. The molecule has 0 radical (unpaired) electrons. The van der Waals surface area contributed by atoms with Gasteiger partial charge in [0.05, 0.1) is 22.5 Å². The van der Waals surface area contributed by atoms with E-state index < -0.39 is 5.97 Å². The molecule has 1 N–H and O–H groups in total. The summed E-state index contributed by atoms with van der Waals surface area (Å²) in [5, 5.41) is 8.76. The first-order valence-corrected chi connectivity index (χ1v) is 6.24. The maximum absolute atomic E-state index is 10.7. The van der Waals surface area contributed by atoms with Gasteiger partial charge in [0.15, 0.2) is 0 Å². The molecule has 0 fully saturated rings. The van der Waals surface area contributed by atoms with Crippen LogP contribution in [-0.2, 0) is 11.2 Å². The minimum atomic E-state index is -0.857. The van der Waals surface area contributed by atoms with Crippen LogP contribution in [0.3, 0.4) is 0 Å². The summed E-state index contributed by atoms with van der Waals surface area (Å²) in [6, 6.07) is 7.76. The van der Waals surface area contributed by atoms with E-state index in [9.17, 15) is 4.79 Å². The molecule has 0 saturated carbocycles. The van der Waals surface area contributed by atoms with Crippen molar-refractivity contribution in [3.63, 3.8) is 0 Å². The van der Waals surface area contributed by atoms with E-state index in [0.717, 1.165) is 14.9 Å². The zero-order chi connectivity index (χ0) is 11.5. The average molecular weight is 298 g/mol. The van der Waals surface area contributed by atoms with Crippen LogP contribution in [0.25, 0.3) is 10.4 Å². The second-order valence-electron chi connectivity index (χ2n) is 3.21. The molecule has 0 aliphatic rings. The molecule has 0 unspecified atom stereocenters. The van der Waals surface area contributed by atoms with Crippen molar-refractivity contribution in [1.29, 1.82) is 0 Å². The van der Waals surface area contributed by atoms with Gasteiger partial charge < -0.3 is 5.11 Å². The highest BCUT2D eigenvalue weighted by molar-refractivity contribution is 9.10. The molecule has 0 atom stereocenters.